The fourth-order valence-electron chi connectivity index (χ4n) is 3.04. The van der Waals surface area contributed by atoms with Crippen molar-refractivity contribution in [2.45, 2.75) is 27.2 Å². The summed E-state index contributed by atoms with van der Waals surface area (Å²) < 4.78 is 0. The van der Waals surface area contributed by atoms with Crippen LogP contribution in [-0.2, 0) is 6.42 Å². The number of aromatic nitrogens is 2. The van der Waals surface area contributed by atoms with Crippen LogP contribution in [0.25, 0.3) is 0 Å². The zero-order valence-corrected chi connectivity index (χ0v) is 16.2. The van der Waals surface area contributed by atoms with Gasteiger partial charge in [0.1, 0.15) is 6.33 Å². The first-order valence-corrected chi connectivity index (χ1v) is 9.23. The van der Waals surface area contributed by atoms with Gasteiger partial charge in [-0.3, -0.25) is 10.1 Å². The van der Waals surface area contributed by atoms with E-state index in [9.17, 15) is 10.1 Å². The van der Waals surface area contributed by atoms with Gasteiger partial charge in [-0.1, -0.05) is 31.2 Å². The molecule has 0 amide bonds. The lowest BCUT2D eigenvalue weighted by atomic mass is 10.1. The molecule has 0 fully saturated rings. The van der Waals surface area contributed by atoms with Crippen molar-refractivity contribution >= 4 is 28.7 Å². The molecule has 0 unspecified atom stereocenters. The second-order valence-corrected chi connectivity index (χ2v) is 6.41. The minimum Gasteiger partial charge on any atom is -0.334 e. The maximum Gasteiger partial charge on any atom is 0.354 e. The number of nitrogens with one attached hydrogen (secondary N) is 1. The summed E-state index contributed by atoms with van der Waals surface area (Å²) in [6.45, 7) is 6.53. The molecule has 0 saturated heterocycles. The molecule has 0 spiro atoms. The molecule has 28 heavy (non-hydrogen) atoms. The zero-order chi connectivity index (χ0) is 20.1. The van der Waals surface area contributed by atoms with Crippen molar-refractivity contribution in [2.75, 3.05) is 16.8 Å². The Kier molecular flexibility index (Phi) is 5.84. The van der Waals surface area contributed by atoms with E-state index in [-0.39, 0.29) is 17.3 Å². The molecule has 0 bridgehead atoms. The third-order valence-corrected chi connectivity index (χ3v) is 4.50. The summed E-state index contributed by atoms with van der Waals surface area (Å²) in [5.41, 5.74) is 3.71. The van der Waals surface area contributed by atoms with Gasteiger partial charge in [-0.2, -0.15) is 0 Å². The van der Waals surface area contributed by atoms with Gasteiger partial charge < -0.3 is 10.2 Å². The molecule has 0 saturated carbocycles. The number of benzene rings is 2. The van der Waals surface area contributed by atoms with Gasteiger partial charge in [-0.15, -0.1) is 0 Å². The maximum atomic E-state index is 11.9. The molecule has 2 aromatic carbocycles. The summed E-state index contributed by atoms with van der Waals surface area (Å²) in [5.74, 6) is 0.436. The number of rotatable bonds is 7. The Morgan fingerprint density at radius 3 is 2.46 bits per heavy atom. The van der Waals surface area contributed by atoms with Crippen LogP contribution in [0.3, 0.4) is 0 Å². The normalized spacial score (nSPS) is 10.5. The van der Waals surface area contributed by atoms with Crippen LogP contribution in [0.5, 0.6) is 0 Å². The molecule has 0 radical (unpaired) electrons. The first-order chi connectivity index (χ1) is 13.5. The smallest absolute Gasteiger partial charge is 0.334 e. The third kappa shape index (κ3) is 4.09. The number of nitrogens with zero attached hydrogens (tertiary/aromatic N) is 4. The molecule has 0 aliphatic rings. The summed E-state index contributed by atoms with van der Waals surface area (Å²) in [7, 11) is 0. The van der Waals surface area contributed by atoms with E-state index < -0.39 is 4.92 Å². The standard InChI is InChI=1S/C21H23N5O2/c1-4-16-9-11-17(12-10-16)24-20-19(26(27)28)21(23-14-22-20)25(5-2)18-8-6-7-15(3)13-18/h6-14H,4-5H2,1-3H3,(H,22,23,24). The second-order valence-electron chi connectivity index (χ2n) is 6.41. The van der Waals surface area contributed by atoms with Gasteiger partial charge in [-0.25, -0.2) is 9.97 Å². The van der Waals surface area contributed by atoms with Gasteiger partial charge in [-0.05, 0) is 55.7 Å². The van der Waals surface area contributed by atoms with E-state index in [1.165, 1.54) is 11.9 Å². The Bertz CT molecular complexity index is 973. The largest absolute Gasteiger partial charge is 0.354 e. The molecule has 3 rings (SSSR count). The number of hydrogen-bond acceptors (Lipinski definition) is 6. The first-order valence-electron chi connectivity index (χ1n) is 9.23. The molecule has 7 nitrogen and oxygen atoms in total. The van der Waals surface area contributed by atoms with Crippen LogP contribution in [0, 0.1) is 17.0 Å². The Labute approximate surface area is 164 Å². The van der Waals surface area contributed by atoms with Gasteiger partial charge >= 0.3 is 5.69 Å². The fourth-order valence-corrected chi connectivity index (χ4v) is 3.04. The first kappa shape index (κ1) is 19.3. The van der Waals surface area contributed by atoms with Gasteiger partial charge in [0, 0.05) is 17.9 Å². The van der Waals surface area contributed by atoms with Gasteiger partial charge in [0.15, 0.2) is 0 Å². The van der Waals surface area contributed by atoms with Crippen LogP contribution in [0.15, 0.2) is 54.9 Å². The second kappa shape index (κ2) is 8.47. The Balaban J connectivity index is 2.04. The van der Waals surface area contributed by atoms with Crippen molar-refractivity contribution in [1.82, 2.24) is 9.97 Å². The average Bonchev–Trinajstić information content (AvgIpc) is 2.69. The molecule has 3 aromatic rings. The molecular formula is C21H23N5O2. The highest BCUT2D eigenvalue weighted by molar-refractivity contribution is 5.78. The number of aryl methyl sites for hydroxylation is 2. The molecule has 1 heterocycles. The number of anilines is 4. The monoisotopic (exact) mass is 377 g/mol. The lowest BCUT2D eigenvalue weighted by Crippen LogP contribution is -2.19. The van der Waals surface area contributed by atoms with Gasteiger partial charge in [0.05, 0.1) is 4.92 Å². The third-order valence-electron chi connectivity index (χ3n) is 4.50. The molecule has 0 atom stereocenters. The van der Waals surface area contributed by atoms with Crippen LogP contribution >= 0.6 is 0 Å². The molecule has 144 valence electrons. The lowest BCUT2D eigenvalue weighted by Gasteiger charge is -2.22. The van der Waals surface area contributed by atoms with Crippen LogP contribution < -0.4 is 10.2 Å². The minimum atomic E-state index is -0.434. The van der Waals surface area contributed by atoms with E-state index in [1.807, 2.05) is 67.3 Å². The number of hydrogen-bond donors (Lipinski definition) is 1. The highest BCUT2D eigenvalue weighted by atomic mass is 16.6. The highest BCUT2D eigenvalue weighted by Crippen LogP contribution is 2.37. The predicted molar refractivity (Wildman–Crippen MR) is 112 cm³/mol. The number of nitro groups is 1. The van der Waals surface area contributed by atoms with E-state index in [1.54, 1.807) is 0 Å². The van der Waals surface area contributed by atoms with Gasteiger partial charge in [0.2, 0.25) is 11.6 Å². The van der Waals surface area contributed by atoms with Crippen molar-refractivity contribution in [3.05, 3.63) is 76.1 Å². The summed E-state index contributed by atoms with van der Waals surface area (Å²) in [6, 6.07) is 15.6. The van der Waals surface area contributed by atoms with E-state index in [2.05, 4.69) is 22.2 Å². The van der Waals surface area contributed by atoms with E-state index in [4.69, 9.17) is 0 Å². The topological polar surface area (TPSA) is 84.2 Å². The van der Waals surface area contributed by atoms with E-state index in [0.717, 1.165) is 23.4 Å². The molecule has 1 N–H and O–H groups in total. The van der Waals surface area contributed by atoms with E-state index in [0.29, 0.717) is 6.54 Å². The van der Waals surface area contributed by atoms with Crippen molar-refractivity contribution in [1.29, 1.82) is 0 Å². The Morgan fingerprint density at radius 1 is 1.11 bits per heavy atom. The summed E-state index contributed by atoms with van der Waals surface area (Å²) in [4.78, 5) is 21.7. The average molecular weight is 377 g/mol. The summed E-state index contributed by atoms with van der Waals surface area (Å²) in [5, 5.41) is 15.0. The minimum absolute atomic E-state index is 0.148. The maximum absolute atomic E-state index is 11.9. The predicted octanol–water partition coefficient (Wildman–Crippen LogP) is 5.16. The summed E-state index contributed by atoms with van der Waals surface area (Å²) in [6.07, 6.45) is 2.28. The molecule has 0 aliphatic heterocycles. The molecule has 1 aromatic heterocycles. The quantitative estimate of drug-likeness (QED) is 0.452. The Morgan fingerprint density at radius 2 is 1.86 bits per heavy atom. The van der Waals surface area contributed by atoms with Crippen molar-refractivity contribution in [3.8, 4) is 0 Å². The Hall–Kier alpha value is -3.48. The summed E-state index contributed by atoms with van der Waals surface area (Å²) >= 11 is 0. The van der Waals surface area contributed by atoms with Crippen LogP contribution in [0.2, 0.25) is 0 Å². The van der Waals surface area contributed by atoms with E-state index >= 15 is 0 Å². The van der Waals surface area contributed by atoms with Crippen molar-refractivity contribution < 1.29 is 4.92 Å². The van der Waals surface area contributed by atoms with Crippen molar-refractivity contribution in [3.63, 3.8) is 0 Å². The van der Waals surface area contributed by atoms with Crippen LogP contribution in [-0.4, -0.2) is 21.4 Å². The van der Waals surface area contributed by atoms with Crippen LogP contribution in [0.1, 0.15) is 25.0 Å². The molecule has 0 aliphatic carbocycles. The molecule has 7 heteroatoms. The zero-order valence-electron chi connectivity index (χ0n) is 16.2. The fraction of sp³-hybridized carbons (Fsp3) is 0.238. The highest BCUT2D eigenvalue weighted by Gasteiger charge is 2.27. The molecular weight excluding hydrogens is 354 g/mol. The lowest BCUT2D eigenvalue weighted by molar-refractivity contribution is -0.383. The van der Waals surface area contributed by atoms with Gasteiger partial charge in [0.25, 0.3) is 0 Å². The van der Waals surface area contributed by atoms with Crippen molar-refractivity contribution in [2.24, 2.45) is 0 Å². The SMILES string of the molecule is CCc1ccc(Nc2ncnc(N(CC)c3cccc(C)c3)c2[N+](=O)[O-])cc1. The van der Waals surface area contributed by atoms with Crippen LogP contribution in [0.4, 0.5) is 28.7 Å².